The first-order valence-electron chi connectivity index (χ1n) is 3.86. The molecule has 62 valence electrons. The molecule has 0 fully saturated rings. The van der Waals surface area contributed by atoms with Crippen molar-refractivity contribution in [3.63, 3.8) is 0 Å². The van der Waals surface area contributed by atoms with E-state index in [2.05, 4.69) is 5.10 Å². The Hall–Kier alpha value is -0.830. The topological polar surface area (TPSA) is 38.0 Å². The van der Waals surface area contributed by atoms with E-state index in [1.165, 1.54) is 0 Å². The van der Waals surface area contributed by atoms with Gasteiger partial charge in [-0.3, -0.25) is 4.68 Å². The smallest absolute Gasteiger partial charge is 0.0593 e. The van der Waals surface area contributed by atoms with E-state index in [4.69, 9.17) is 5.11 Å². The summed E-state index contributed by atoms with van der Waals surface area (Å²) in [6.07, 6.45) is 2.46. The highest BCUT2D eigenvalue weighted by Crippen LogP contribution is 1.96. The van der Waals surface area contributed by atoms with Gasteiger partial charge in [-0.05, 0) is 26.3 Å². The van der Waals surface area contributed by atoms with E-state index in [0.29, 0.717) is 0 Å². The van der Waals surface area contributed by atoms with E-state index in [1.54, 1.807) is 6.92 Å². The van der Waals surface area contributed by atoms with Crippen LogP contribution >= 0.6 is 0 Å². The summed E-state index contributed by atoms with van der Waals surface area (Å²) in [5, 5.41) is 13.2. The fraction of sp³-hybridized carbons (Fsp3) is 0.625. The van der Waals surface area contributed by atoms with Crippen LogP contribution in [0.3, 0.4) is 0 Å². The van der Waals surface area contributed by atoms with Crippen LogP contribution in [0.5, 0.6) is 0 Å². The van der Waals surface area contributed by atoms with Crippen LogP contribution < -0.4 is 0 Å². The molecule has 0 amide bonds. The Labute approximate surface area is 66.7 Å². The quantitative estimate of drug-likeness (QED) is 0.704. The van der Waals surface area contributed by atoms with E-state index >= 15 is 0 Å². The summed E-state index contributed by atoms with van der Waals surface area (Å²) < 4.78 is 1.85. The second-order valence-corrected chi connectivity index (χ2v) is 2.86. The van der Waals surface area contributed by atoms with Gasteiger partial charge in [-0.1, -0.05) is 0 Å². The third-order valence-corrected chi connectivity index (χ3v) is 1.55. The third kappa shape index (κ3) is 2.72. The summed E-state index contributed by atoms with van der Waals surface area (Å²) in [6.45, 7) is 4.54. The number of rotatable bonds is 3. The second kappa shape index (κ2) is 3.53. The summed E-state index contributed by atoms with van der Waals surface area (Å²) in [7, 11) is 0. The maximum atomic E-state index is 8.98. The summed E-state index contributed by atoms with van der Waals surface area (Å²) >= 11 is 0. The van der Waals surface area contributed by atoms with Crippen LogP contribution in [0.4, 0.5) is 0 Å². The lowest BCUT2D eigenvalue weighted by atomic mass is 10.3. The zero-order chi connectivity index (χ0) is 8.27. The lowest BCUT2D eigenvalue weighted by molar-refractivity contribution is 0.176. The minimum absolute atomic E-state index is 0.237. The first kappa shape index (κ1) is 8.27. The molecule has 3 heteroatoms. The Balaban J connectivity index is 2.39. The highest BCUT2D eigenvalue weighted by atomic mass is 16.3. The summed E-state index contributed by atoms with van der Waals surface area (Å²) in [6, 6.07) is 1.96. The predicted octanol–water partition coefficient (Wildman–Crippen LogP) is 0.962. The van der Waals surface area contributed by atoms with Gasteiger partial charge in [-0.15, -0.1) is 0 Å². The van der Waals surface area contributed by atoms with E-state index in [1.807, 2.05) is 23.9 Å². The highest BCUT2D eigenvalue weighted by molar-refractivity contribution is 4.94. The molecule has 1 rings (SSSR count). The number of aromatic nitrogens is 2. The van der Waals surface area contributed by atoms with Gasteiger partial charge >= 0.3 is 0 Å². The molecule has 0 aromatic carbocycles. The average Bonchev–Trinajstić information content (AvgIpc) is 2.31. The van der Waals surface area contributed by atoms with Crippen molar-refractivity contribution in [1.29, 1.82) is 0 Å². The summed E-state index contributed by atoms with van der Waals surface area (Å²) in [4.78, 5) is 0. The van der Waals surface area contributed by atoms with Crippen molar-refractivity contribution in [2.45, 2.75) is 32.9 Å². The maximum Gasteiger partial charge on any atom is 0.0593 e. The lowest BCUT2D eigenvalue weighted by Gasteiger charge is -2.02. The molecule has 0 radical (unpaired) electrons. The van der Waals surface area contributed by atoms with Gasteiger partial charge in [-0.25, -0.2) is 0 Å². The van der Waals surface area contributed by atoms with Crippen LogP contribution in [-0.4, -0.2) is 21.0 Å². The van der Waals surface area contributed by atoms with E-state index in [9.17, 15) is 0 Å². The molecule has 1 heterocycles. The minimum atomic E-state index is -0.237. The average molecular weight is 154 g/mol. The van der Waals surface area contributed by atoms with Crippen molar-refractivity contribution < 1.29 is 5.11 Å². The molecule has 1 unspecified atom stereocenters. The van der Waals surface area contributed by atoms with Crippen LogP contribution in [0.25, 0.3) is 0 Å². The Kier molecular flexibility index (Phi) is 2.65. The van der Waals surface area contributed by atoms with Crippen molar-refractivity contribution in [1.82, 2.24) is 9.78 Å². The van der Waals surface area contributed by atoms with E-state index in [-0.39, 0.29) is 6.10 Å². The number of aliphatic hydroxyl groups excluding tert-OH is 1. The number of aliphatic hydroxyl groups is 1. The molecule has 0 bridgehead atoms. The number of hydrogen-bond donors (Lipinski definition) is 1. The van der Waals surface area contributed by atoms with Gasteiger partial charge in [0.15, 0.2) is 0 Å². The molecule has 0 aliphatic rings. The van der Waals surface area contributed by atoms with Gasteiger partial charge in [0.1, 0.15) is 0 Å². The van der Waals surface area contributed by atoms with Crippen LogP contribution in [0, 0.1) is 6.92 Å². The second-order valence-electron chi connectivity index (χ2n) is 2.86. The Morgan fingerprint density at radius 1 is 1.73 bits per heavy atom. The Morgan fingerprint density at radius 2 is 2.45 bits per heavy atom. The van der Waals surface area contributed by atoms with Crippen molar-refractivity contribution in [2.24, 2.45) is 0 Å². The zero-order valence-corrected chi connectivity index (χ0v) is 6.99. The summed E-state index contributed by atoms with van der Waals surface area (Å²) in [5.41, 5.74) is 1.02. The van der Waals surface area contributed by atoms with Crippen molar-refractivity contribution in [3.8, 4) is 0 Å². The van der Waals surface area contributed by atoms with Crippen molar-refractivity contribution in [2.75, 3.05) is 0 Å². The monoisotopic (exact) mass is 154 g/mol. The molecule has 1 aromatic rings. The minimum Gasteiger partial charge on any atom is -0.393 e. The van der Waals surface area contributed by atoms with Crippen LogP contribution in [0.1, 0.15) is 19.0 Å². The standard InChI is InChI=1S/C8H14N2O/c1-7-3-5-10(9-7)6-4-8(2)11/h3,5,8,11H,4,6H2,1-2H3. The molecule has 0 aliphatic carbocycles. The largest absolute Gasteiger partial charge is 0.393 e. The molecule has 11 heavy (non-hydrogen) atoms. The molecule has 1 atom stereocenters. The molecular weight excluding hydrogens is 140 g/mol. The first-order chi connectivity index (χ1) is 5.18. The molecule has 0 aliphatic heterocycles. The lowest BCUT2D eigenvalue weighted by Crippen LogP contribution is -2.07. The third-order valence-electron chi connectivity index (χ3n) is 1.55. The molecule has 1 aromatic heterocycles. The molecule has 0 saturated heterocycles. The van der Waals surface area contributed by atoms with E-state index < -0.39 is 0 Å². The zero-order valence-electron chi connectivity index (χ0n) is 6.99. The molecule has 3 nitrogen and oxygen atoms in total. The van der Waals surface area contributed by atoms with Crippen LogP contribution in [0.15, 0.2) is 12.3 Å². The Morgan fingerprint density at radius 3 is 2.91 bits per heavy atom. The molecule has 1 N–H and O–H groups in total. The van der Waals surface area contributed by atoms with Crippen molar-refractivity contribution >= 4 is 0 Å². The molecular formula is C8H14N2O. The van der Waals surface area contributed by atoms with Gasteiger partial charge in [0, 0.05) is 12.7 Å². The number of hydrogen-bond acceptors (Lipinski definition) is 2. The SMILES string of the molecule is Cc1ccn(CCC(C)O)n1. The Bertz CT molecular complexity index is 218. The number of aryl methyl sites for hydroxylation is 2. The van der Waals surface area contributed by atoms with Gasteiger partial charge in [0.25, 0.3) is 0 Å². The van der Waals surface area contributed by atoms with Crippen LogP contribution in [-0.2, 0) is 6.54 Å². The van der Waals surface area contributed by atoms with Crippen LogP contribution in [0.2, 0.25) is 0 Å². The number of nitrogens with zero attached hydrogens (tertiary/aromatic N) is 2. The summed E-state index contributed by atoms with van der Waals surface area (Å²) in [5.74, 6) is 0. The van der Waals surface area contributed by atoms with Gasteiger partial charge < -0.3 is 5.11 Å². The van der Waals surface area contributed by atoms with E-state index in [0.717, 1.165) is 18.7 Å². The predicted molar refractivity (Wildman–Crippen MR) is 43.3 cm³/mol. The van der Waals surface area contributed by atoms with Gasteiger partial charge in [0.2, 0.25) is 0 Å². The fourth-order valence-electron chi connectivity index (χ4n) is 0.907. The first-order valence-corrected chi connectivity index (χ1v) is 3.86. The van der Waals surface area contributed by atoms with Crippen molar-refractivity contribution in [3.05, 3.63) is 18.0 Å². The maximum absolute atomic E-state index is 8.98. The highest BCUT2D eigenvalue weighted by Gasteiger charge is 1.97. The normalized spacial score (nSPS) is 13.4. The molecule has 0 spiro atoms. The fourth-order valence-corrected chi connectivity index (χ4v) is 0.907. The van der Waals surface area contributed by atoms with Gasteiger partial charge in [0.05, 0.1) is 11.8 Å². The van der Waals surface area contributed by atoms with Gasteiger partial charge in [-0.2, -0.15) is 5.10 Å². The molecule has 0 saturated carbocycles.